The van der Waals surface area contributed by atoms with Crippen LogP contribution in [-0.2, 0) is 0 Å². The van der Waals surface area contributed by atoms with Crippen LogP contribution < -0.4 is 5.32 Å². The highest BCUT2D eigenvalue weighted by atomic mass is 15.2. The van der Waals surface area contributed by atoms with Gasteiger partial charge in [0.1, 0.15) is 0 Å². The second kappa shape index (κ2) is 6.88. The van der Waals surface area contributed by atoms with Crippen LogP contribution in [-0.4, -0.2) is 60.6 Å². The molecule has 2 aliphatic heterocycles. The molecular weight excluding hydrogens is 222 g/mol. The van der Waals surface area contributed by atoms with E-state index < -0.39 is 0 Å². The highest BCUT2D eigenvalue weighted by Gasteiger charge is 2.24. The Morgan fingerprint density at radius 2 is 1.44 bits per heavy atom. The van der Waals surface area contributed by atoms with Crippen molar-refractivity contribution in [3.63, 3.8) is 0 Å². The summed E-state index contributed by atoms with van der Waals surface area (Å²) >= 11 is 0. The molecule has 0 saturated carbocycles. The van der Waals surface area contributed by atoms with E-state index in [2.05, 4.69) is 35.9 Å². The van der Waals surface area contributed by atoms with Crippen molar-refractivity contribution in [1.82, 2.24) is 15.1 Å². The van der Waals surface area contributed by atoms with Gasteiger partial charge in [0.05, 0.1) is 0 Å². The molecule has 0 spiro atoms. The van der Waals surface area contributed by atoms with Crippen molar-refractivity contribution in [2.75, 3.05) is 32.7 Å². The van der Waals surface area contributed by atoms with Crippen molar-refractivity contribution >= 4 is 0 Å². The van der Waals surface area contributed by atoms with Gasteiger partial charge in [-0.25, -0.2) is 0 Å². The predicted molar refractivity (Wildman–Crippen MR) is 78.0 cm³/mol. The average molecular weight is 253 g/mol. The number of likely N-dealkylation sites (tertiary alicyclic amines) is 2. The lowest BCUT2D eigenvalue weighted by atomic mass is 9.99. The van der Waals surface area contributed by atoms with E-state index in [1.54, 1.807) is 0 Å². The summed E-state index contributed by atoms with van der Waals surface area (Å²) in [6.45, 7) is 13.3. The zero-order chi connectivity index (χ0) is 13.0. The van der Waals surface area contributed by atoms with Crippen LogP contribution in [0.3, 0.4) is 0 Å². The molecular formula is C15H31N3. The first-order valence-electron chi connectivity index (χ1n) is 7.91. The summed E-state index contributed by atoms with van der Waals surface area (Å²) in [5, 5.41) is 3.91. The summed E-state index contributed by atoms with van der Waals surface area (Å²) in [6, 6.07) is 2.28. The van der Waals surface area contributed by atoms with Crippen molar-refractivity contribution < 1.29 is 0 Å². The standard InChI is InChI=1S/C15H31N3/c1-4-17-9-5-14(6-10-17)16-15-7-11-18(12-8-15)13(2)3/h13-16H,4-12H2,1-3H3. The fourth-order valence-electron chi connectivity index (χ4n) is 3.33. The van der Waals surface area contributed by atoms with Crippen LogP contribution in [0.4, 0.5) is 0 Å². The van der Waals surface area contributed by atoms with E-state index in [9.17, 15) is 0 Å². The zero-order valence-electron chi connectivity index (χ0n) is 12.5. The number of nitrogens with zero attached hydrogens (tertiary/aromatic N) is 2. The van der Waals surface area contributed by atoms with Gasteiger partial charge in [-0.05, 0) is 72.3 Å². The van der Waals surface area contributed by atoms with Crippen molar-refractivity contribution in [2.45, 2.75) is 64.6 Å². The van der Waals surface area contributed by atoms with E-state index in [4.69, 9.17) is 0 Å². The van der Waals surface area contributed by atoms with Crippen molar-refractivity contribution in [3.8, 4) is 0 Å². The van der Waals surface area contributed by atoms with Gasteiger partial charge in [-0.15, -0.1) is 0 Å². The summed E-state index contributed by atoms with van der Waals surface area (Å²) < 4.78 is 0. The number of piperidine rings is 2. The lowest BCUT2D eigenvalue weighted by molar-refractivity contribution is 0.142. The molecule has 2 saturated heterocycles. The van der Waals surface area contributed by atoms with Gasteiger partial charge in [0.15, 0.2) is 0 Å². The molecule has 0 aromatic rings. The van der Waals surface area contributed by atoms with Gasteiger partial charge in [0.2, 0.25) is 0 Å². The van der Waals surface area contributed by atoms with Crippen molar-refractivity contribution in [3.05, 3.63) is 0 Å². The second-order valence-corrected chi connectivity index (χ2v) is 6.28. The highest BCUT2D eigenvalue weighted by molar-refractivity contribution is 4.84. The maximum absolute atomic E-state index is 3.91. The SMILES string of the molecule is CCN1CCC(NC2CCN(C(C)C)CC2)CC1. The Morgan fingerprint density at radius 3 is 1.89 bits per heavy atom. The van der Waals surface area contributed by atoms with Crippen LogP contribution in [0.5, 0.6) is 0 Å². The quantitative estimate of drug-likeness (QED) is 0.826. The number of nitrogens with one attached hydrogen (secondary N) is 1. The fraction of sp³-hybridized carbons (Fsp3) is 1.00. The molecule has 2 fully saturated rings. The van der Waals surface area contributed by atoms with Crippen LogP contribution in [0.15, 0.2) is 0 Å². The molecule has 18 heavy (non-hydrogen) atoms. The minimum atomic E-state index is 0.721. The molecule has 0 atom stereocenters. The number of hydrogen-bond acceptors (Lipinski definition) is 3. The van der Waals surface area contributed by atoms with E-state index in [0.717, 1.165) is 18.1 Å². The molecule has 2 heterocycles. The largest absolute Gasteiger partial charge is 0.311 e. The first-order chi connectivity index (χ1) is 8.69. The van der Waals surface area contributed by atoms with Crippen molar-refractivity contribution in [2.24, 2.45) is 0 Å². The van der Waals surface area contributed by atoms with Crippen LogP contribution in [0.25, 0.3) is 0 Å². The highest BCUT2D eigenvalue weighted by Crippen LogP contribution is 2.16. The van der Waals surface area contributed by atoms with Crippen LogP contribution in [0.1, 0.15) is 46.5 Å². The lowest BCUT2D eigenvalue weighted by Crippen LogP contribution is -2.50. The Balaban J connectivity index is 1.66. The van der Waals surface area contributed by atoms with Gasteiger partial charge >= 0.3 is 0 Å². The molecule has 3 nitrogen and oxygen atoms in total. The summed E-state index contributed by atoms with van der Waals surface area (Å²) in [4.78, 5) is 5.18. The Hall–Kier alpha value is -0.120. The molecule has 3 heteroatoms. The van der Waals surface area contributed by atoms with E-state index in [0.29, 0.717) is 0 Å². The van der Waals surface area contributed by atoms with Gasteiger partial charge in [-0.2, -0.15) is 0 Å². The van der Waals surface area contributed by atoms with E-state index in [1.165, 1.54) is 58.4 Å². The third-order valence-corrected chi connectivity index (χ3v) is 4.77. The summed E-state index contributed by atoms with van der Waals surface area (Å²) in [6.07, 6.45) is 5.37. The van der Waals surface area contributed by atoms with Gasteiger partial charge < -0.3 is 15.1 Å². The smallest absolute Gasteiger partial charge is 0.00940 e. The molecule has 0 aromatic carbocycles. The van der Waals surface area contributed by atoms with Crippen LogP contribution in [0, 0.1) is 0 Å². The average Bonchev–Trinajstić information content (AvgIpc) is 2.40. The molecule has 0 aliphatic carbocycles. The predicted octanol–water partition coefficient (Wildman–Crippen LogP) is 1.93. The van der Waals surface area contributed by atoms with E-state index in [-0.39, 0.29) is 0 Å². The molecule has 0 unspecified atom stereocenters. The fourth-order valence-corrected chi connectivity index (χ4v) is 3.33. The molecule has 0 aromatic heterocycles. The summed E-state index contributed by atoms with van der Waals surface area (Å²) in [7, 11) is 0. The Bertz CT molecular complexity index is 226. The topological polar surface area (TPSA) is 18.5 Å². The Labute approximate surface area is 113 Å². The first kappa shape index (κ1) is 14.3. The Kier molecular flexibility index (Phi) is 5.46. The molecule has 2 aliphatic rings. The van der Waals surface area contributed by atoms with Gasteiger partial charge in [-0.3, -0.25) is 0 Å². The van der Waals surface area contributed by atoms with Gasteiger partial charge in [0.25, 0.3) is 0 Å². The monoisotopic (exact) mass is 253 g/mol. The van der Waals surface area contributed by atoms with Crippen molar-refractivity contribution in [1.29, 1.82) is 0 Å². The number of hydrogen-bond donors (Lipinski definition) is 1. The normalized spacial score (nSPS) is 26.0. The second-order valence-electron chi connectivity index (χ2n) is 6.28. The molecule has 0 amide bonds. The third-order valence-electron chi connectivity index (χ3n) is 4.77. The molecule has 0 radical (unpaired) electrons. The molecule has 2 rings (SSSR count). The van der Waals surface area contributed by atoms with E-state index >= 15 is 0 Å². The third kappa shape index (κ3) is 3.94. The minimum Gasteiger partial charge on any atom is -0.311 e. The maximum atomic E-state index is 3.91. The molecule has 106 valence electrons. The maximum Gasteiger partial charge on any atom is 0.00940 e. The van der Waals surface area contributed by atoms with Crippen LogP contribution >= 0.6 is 0 Å². The summed E-state index contributed by atoms with van der Waals surface area (Å²) in [5.41, 5.74) is 0. The lowest BCUT2D eigenvalue weighted by Gasteiger charge is -2.38. The van der Waals surface area contributed by atoms with Crippen LogP contribution in [0.2, 0.25) is 0 Å². The Morgan fingerprint density at radius 1 is 0.944 bits per heavy atom. The molecule has 0 bridgehead atoms. The first-order valence-corrected chi connectivity index (χ1v) is 7.91. The summed E-state index contributed by atoms with van der Waals surface area (Å²) in [5.74, 6) is 0. The number of rotatable bonds is 4. The minimum absolute atomic E-state index is 0.721. The molecule has 1 N–H and O–H groups in total. The van der Waals surface area contributed by atoms with Gasteiger partial charge in [0, 0.05) is 18.1 Å². The zero-order valence-corrected chi connectivity index (χ0v) is 12.5. The van der Waals surface area contributed by atoms with Gasteiger partial charge in [-0.1, -0.05) is 6.92 Å². The van der Waals surface area contributed by atoms with E-state index in [1.807, 2.05) is 0 Å².